The summed E-state index contributed by atoms with van der Waals surface area (Å²) in [5.74, 6) is 0. The Morgan fingerprint density at radius 2 is 2.06 bits per heavy atom. The zero-order valence-electron chi connectivity index (χ0n) is 10.7. The molecule has 0 aromatic heterocycles. The molecule has 1 aliphatic rings. The molecule has 1 fully saturated rings. The Bertz CT molecular complexity index is 298. The van der Waals surface area contributed by atoms with Crippen molar-refractivity contribution in [2.75, 3.05) is 19.8 Å². The van der Waals surface area contributed by atoms with Crippen LogP contribution in [0.2, 0.25) is 0 Å². The van der Waals surface area contributed by atoms with Gasteiger partial charge in [-0.3, -0.25) is 4.90 Å². The molecule has 1 aliphatic heterocycles. The lowest BCUT2D eigenvalue weighted by Gasteiger charge is -2.33. The van der Waals surface area contributed by atoms with E-state index in [0.29, 0.717) is 13.2 Å². The predicted octanol–water partition coefficient (Wildman–Crippen LogP) is 1.93. The summed E-state index contributed by atoms with van der Waals surface area (Å²) >= 11 is 0. The molecular weight excluding hydrogens is 220 g/mol. The molecule has 0 bridgehead atoms. The van der Waals surface area contributed by atoms with Gasteiger partial charge in [0.25, 0.3) is 0 Å². The van der Waals surface area contributed by atoms with Crippen LogP contribution in [-0.2, 0) is 9.47 Å². The predicted molar refractivity (Wildman–Crippen MR) is 62.4 cm³/mol. The maximum atomic E-state index is 12.0. The van der Waals surface area contributed by atoms with E-state index in [9.17, 15) is 4.79 Å². The van der Waals surface area contributed by atoms with Crippen LogP contribution in [0.5, 0.6) is 0 Å². The van der Waals surface area contributed by atoms with Crippen molar-refractivity contribution in [3.05, 3.63) is 0 Å². The highest BCUT2D eigenvalue weighted by Crippen LogP contribution is 2.18. The van der Waals surface area contributed by atoms with Gasteiger partial charge in [-0.1, -0.05) is 0 Å². The number of nitrogens with zero attached hydrogens (tertiary/aromatic N) is 2. The molecule has 0 aliphatic carbocycles. The third-order valence-corrected chi connectivity index (χ3v) is 2.50. The summed E-state index contributed by atoms with van der Waals surface area (Å²) in [5.41, 5.74) is -0.532. The van der Waals surface area contributed by atoms with E-state index < -0.39 is 11.7 Å². The Morgan fingerprint density at radius 3 is 2.53 bits per heavy atom. The zero-order chi connectivity index (χ0) is 12.9. The van der Waals surface area contributed by atoms with Gasteiger partial charge in [-0.25, -0.2) is 4.79 Å². The van der Waals surface area contributed by atoms with Crippen molar-refractivity contribution in [2.24, 2.45) is 0 Å². The van der Waals surface area contributed by atoms with Gasteiger partial charge in [0.2, 0.25) is 0 Å². The van der Waals surface area contributed by atoms with Gasteiger partial charge in [0.05, 0.1) is 6.07 Å². The Balaban J connectivity index is 2.64. The first kappa shape index (κ1) is 13.8. The van der Waals surface area contributed by atoms with E-state index >= 15 is 0 Å². The summed E-state index contributed by atoms with van der Waals surface area (Å²) in [4.78, 5) is 13.5. The van der Waals surface area contributed by atoms with Crippen molar-refractivity contribution in [2.45, 2.75) is 45.3 Å². The highest BCUT2D eigenvalue weighted by atomic mass is 16.6. The van der Waals surface area contributed by atoms with Gasteiger partial charge >= 0.3 is 6.09 Å². The molecule has 0 N–H and O–H groups in total. The van der Waals surface area contributed by atoms with Crippen molar-refractivity contribution >= 4 is 6.09 Å². The molecule has 0 spiro atoms. The molecule has 0 radical (unpaired) electrons. The van der Waals surface area contributed by atoms with E-state index in [4.69, 9.17) is 14.7 Å². The van der Waals surface area contributed by atoms with Gasteiger partial charge in [0, 0.05) is 19.3 Å². The third-order valence-electron chi connectivity index (χ3n) is 2.50. The van der Waals surface area contributed by atoms with E-state index in [-0.39, 0.29) is 12.6 Å². The number of hydrogen-bond acceptors (Lipinski definition) is 4. The minimum absolute atomic E-state index is 0.0539. The van der Waals surface area contributed by atoms with Crippen LogP contribution in [0.3, 0.4) is 0 Å². The molecule has 0 saturated carbocycles. The fourth-order valence-corrected chi connectivity index (χ4v) is 1.74. The highest BCUT2D eigenvalue weighted by Gasteiger charge is 2.29. The van der Waals surface area contributed by atoms with Crippen LogP contribution in [-0.4, -0.2) is 42.4 Å². The summed E-state index contributed by atoms with van der Waals surface area (Å²) in [6.07, 6.45) is 1.12. The molecule has 1 heterocycles. The SMILES string of the molecule is CC(C)(C)OC(=O)N(CC#N)C1CCOCC1. The lowest BCUT2D eigenvalue weighted by atomic mass is 10.1. The fourth-order valence-electron chi connectivity index (χ4n) is 1.74. The first-order chi connectivity index (χ1) is 7.94. The van der Waals surface area contributed by atoms with Crippen LogP contribution in [0.1, 0.15) is 33.6 Å². The van der Waals surface area contributed by atoms with Crippen LogP contribution >= 0.6 is 0 Å². The fraction of sp³-hybridized carbons (Fsp3) is 0.833. The van der Waals surface area contributed by atoms with E-state index in [1.807, 2.05) is 26.8 Å². The van der Waals surface area contributed by atoms with E-state index in [0.717, 1.165) is 12.8 Å². The molecule has 5 nitrogen and oxygen atoms in total. The number of carbonyl (C=O) groups is 1. The second-order valence-corrected chi connectivity index (χ2v) is 5.11. The number of amides is 1. The Hall–Kier alpha value is -1.28. The van der Waals surface area contributed by atoms with Crippen LogP contribution < -0.4 is 0 Å². The van der Waals surface area contributed by atoms with Gasteiger partial charge in [0.1, 0.15) is 12.1 Å². The van der Waals surface area contributed by atoms with Gasteiger partial charge in [-0.05, 0) is 33.6 Å². The van der Waals surface area contributed by atoms with Gasteiger partial charge in [0.15, 0.2) is 0 Å². The normalized spacial score (nSPS) is 17.3. The highest BCUT2D eigenvalue weighted by molar-refractivity contribution is 5.68. The molecule has 1 amide bonds. The molecule has 17 heavy (non-hydrogen) atoms. The summed E-state index contributed by atoms with van der Waals surface area (Å²) < 4.78 is 10.5. The minimum Gasteiger partial charge on any atom is -0.444 e. The monoisotopic (exact) mass is 240 g/mol. The van der Waals surface area contributed by atoms with Crippen LogP contribution in [0.4, 0.5) is 4.79 Å². The van der Waals surface area contributed by atoms with E-state index in [1.165, 1.54) is 4.90 Å². The smallest absolute Gasteiger partial charge is 0.411 e. The maximum Gasteiger partial charge on any atom is 0.411 e. The standard InChI is InChI=1S/C12H20N2O3/c1-12(2,3)17-11(15)14(7-6-13)10-4-8-16-9-5-10/h10H,4-5,7-9H2,1-3H3. The number of hydrogen-bond donors (Lipinski definition) is 0. The lowest BCUT2D eigenvalue weighted by molar-refractivity contribution is -0.00188. The second-order valence-electron chi connectivity index (χ2n) is 5.11. The van der Waals surface area contributed by atoms with Crippen molar-refractivity contribution in [1.82, 2.24) is 4.90 Å². The Kier molecular flexibility index (Phi) is 4.76. The lowest BCUT2D eigenvalue weighted by Crippen LogP contribution is -2.45. The first-order valence-corrected chi connectivity index (χ1v) is 5.88. The zero-order valence-corrected chi connectivity index (χ0v) is 10.7. The Morgan fingerprint density at radius 1 is 1.47 bits per heavy atom. The molecule has 0 aromatic rings. The van der Waals surface area contributed by atoms with Crippen molar-refractivity contribution < 1.29 is 14.3 Å². The summed E-state index contributed by atoms with van der Waals surface area (Å²) in [5, 5.41) is 8.78. The Labute approximate surface area is 102 Å². The molecule has 5 heteroatoms. The van der Waals surface area contributed by atoms with Gasteiger partial charge in [-0.15, -0.1) is 0 Å². The molecule has 0 unspecified atom stereocenters. The molecule has 96 valence electrons. The van der Waals surface area contributed by atoms with Gasteiger partial charge < -0.3 is 9.47 Å². The molecule has 0 aromatic carbocycles. The summed E-state index contributed by atoms with van der Waals surface area (Å²) in [6, 6.07) is 2.07. The number of carbonyl (C=O) groups excluding carboxylic acids is 1. The largest absolute Gasteiger partial charge is 0.444 e. The minimum atomic E-state index is -0.532. The number of rotatable bonds is 2. The van der Waals surface area contributed by atoms with Crippen molar-refractivity contribution in [3.8, 4) is 6.07 Å². The first-order valence-electron chi connectivity index (χ1n) is 5.88. The van der Waals surface area contributed by atoms with Gasteiger partial charge in [-0.2, -0.15) is 5.26 Å². The van der Waals surface area contributed by atoms with E-state index in [1.54, 1.807) is 0 Å². The maximum absolute atomic E-state index is 12.0. The second kappa shape index (κ2) is 5.87. The van der Waals surface area contributed by atoms with Crippen LogP contribution in [0, 0.1) is 11.3 Å². The number of ether oxygens (including phenoxy) is 2. The summed E-state index contributed by atoms with van der Waals surface area (Å²) in [6.45, 7) is 6.79. The molecule has 1 rings (SSSR count). The average Bonchev–Trinajstić information content (AvgIpc) is 2.24. The number of nitriles is 1. The topological polar surface area (TPSA) is 62.6 Å². The van der Waals surface area contributed by atoms with Crippen LogP contribution in [0.15, 0.2) is 0 Å². The molecule has 0 atom stereocenters. The summed E-state index contributed by atoms with van der Waals surface area (Å²) in [7, 11) is 0. The van der Waals surface area contributed by atoms with Crippen molar-refractivity contribution in [3.63, 3.8) is 0 Å². The molecular formula is C12H20N2O3. The van der Waals surface area contributed by atoms with E-state index in [2.05, 4.69) is 0 Å². The van der Waals surface area contributed by atoms with Crippen LogP contribution in [0.25, 0.3) is 0 Å². The third kappa shape index (κ3) is 4.61. The molecule has 1 saturated heterocycles. The quantitative estimate of drug-likeness (QED) is 0.692. The van der Waals surface area contributed by atoms with Crippen molar-refractivity contribution in [1.29, 1.82) is 5.26 Å². The average molecular weight is 240 g/mol.